The molecule has 0 spiro atoms. The van der Waals surface area contributed by atoms with E-state index < -0.39 is 10.0 Å². The molecule has 2 N–H and O–H groups in total. The summed E-state index contributed by atoms with van der Waals surface area (Å²) in [5.74, 6) is 0. The molecule has 0 bridgehead atoms. The average Bonchev–Trinajstić information content (AvgIpc) is 2.47. The summed E-state index contributed by atoms with van der Waals surface area (Å²) in [6.07, 6.45) is 0.809. The van der Waals surface area contributed by atoms with Gasteiger partial charge >= 0.3 is 0 Å². The molecule has 1 aliphatic heterocycles. The molecule has 0 aromatic heterocycles. The van der Waals surface area contributed by atoms with Crippen LogP contribution in [-0.2, 0) is 23.0 Å². The van der Waals surface area contributed by atoms with Crippen LogP contribution in [0.5, 0.6) is 0 Å². The molecule has 4 nitrogen and oxygen atoms in total. The number of anilines is 1. The zero-order chi connectivity index (χ0) is 14.9. The minimum atomic E-state index is -3.62. The summed E-state index contributed by atoms with van der Waals surface area (Å²) in [7, 11) is -3.62. The van der Waals surface area contributed by atoms with E-state index in [-0.39, 0.29) is 4.90 Å². The van der Waals surface area contributed by atoms with Crippen molar-refractivity contribution in [3.63, 3.8) is 0 Å². The van der Waals surface area contributed by atoms with Crippen LogP contribution in [0.4, 0.5) is 5.69 Å². The van der Waals surface area contributed by atoms with E-state index in [1.165, 1.54) is 12.1 Å². The number of nitrogens with one attached hydrogen (secondary N) is 2. The molecular weight excluding hydrogens is 308 g/mol. The highest BCUT2D eigenvalue weighted by atomic mass is 35.5. The summed E-state index contributed by atoms with van der Waals surface area (Å²) in [4.78, 5) is 0.168. The molecule has 1 aliphatic rings. The summed E-state index contributed by atoms with van der Waals surface area (Å²) in [5, 5.41) is 3.68. The Morgan fingerprint density at radius 2 is 1.95 bits per heavy atom. The van der Waals surface area contributed by atoms with E-state index in [9.17, 15) is 8.42 Å². The molecule has 2 aromatic rings. The lowest BCUT2D eigenvalue weighted by molar-refractivity contribution is 0.600. The van der Waals surface area contributed by atoms with Crippen molar-refractivity contribution in [2.24, 2.45) is 0 Å². The molecular formula is C15H15ClN2O2S. The highest BCUT2D eigenvalue weighted by molar-refractivity contribution is 7.92. The highest BCUT2D eigenvalue weighted by Crippen LogP contribution is 2.26. The van der Waals surface area contributed by atoms with E-state index in [1.54, 1.807) is 18.2 Å². The van der Waals surface area contributed by atoms with Crippen molar-refractivity contribution in [3.8, 4) is 0 Å². The van der Waals surface area contributed by atoms with Gasteiger partial charge < -0.3 is 5.32 Å². The van der Waals surface area contributed by atoms with Gasteiger partial charge in [0.1, 0.15) is 0 Å². The first-order valence-corrected chi connectivity index (χ1v) is 8.52. The van der Waals surface area contributed by atoms with Crippen LogP contribution in [-0.4, -0.2) is 15.0 Å². The molecule has 0 radical (unpaired) electrons. The van der Waals surface area contributed by atoms with Gasteiger partial charge in [-0.25, -0.2) is 8.42 Å². The molecule has 110 valence electrons. The Morgan fingerprint density at radius 3 is 2.76 bits per heavy atom. The zero-order valence-electron chi connectivity index (χ0n) is 11.3. The van der Waals surface area contributed by atoms with Crippen LogP contribution in [0, 0.1) is 0 Å². The number of hydrogen-bond donors (Lipinski definition) is 2. The molecule has 0 atom stereocenters. The molecule has 2 aromatic carbocycles. The number of fused-ring (bicyclic) bond motifs is 1. The molecule has 3 rings (SSSR count). The van der Waals surface area contributed by atoms with Crippen LogP contribution in [0.1, 0.15) is 11.1 Å². The first-order valence-electron chi connectivity index (χ1n) is 6.66. The Hall–Kier alpha value is -1.56. The summed E-state index contributed by atoms with van der Waals surface area (Å²) in [6, 6.07) is 11.9. The van der Waals surface area contributed by atoms with Gasteiger partial charge in [-0.05, 0) is 48.4 Å². The molecule has 0 amide bonds. The molecule has 21 heavy (non-hydrogen) atoms. The lowest BCUT2D eigenvalue weighted by atomic mass is 9.99. The van der Waals surface area contributed by atoms with Gasteiger partial charge in [-0.3, -0.25) is 4.72 Å². The maximum atomic E-state index is 12.5. The quantitative estimate of drug-likeness (QED) is 0.913. The van der Waals surface area contributed by atoms with E-state index in [1.807, 2.05) is 12.1 Å². The van der Waals surface area contributed by atoms with Crippen LogP contribution in [0.2, 0.25) is 5.02 Å². The fraction of sp³-hybridized carbons (Fsp3) is 0.200. The minimum Gasteiger partial charge on any atom is -0.312 e. The smallest absolute Gasteiger partial charge is 0.261 e. The third-order valence-electron chi connectivity index (χ3n) is 3.49. The fourth-order valence-corrected chi connectivity index (χ4v) is 3.86. The first kappa shape index (κ1) is 14.4. The van der Waals surface area contributed by atoms with E-state index in [0.717, 1.165) is 30.6 Å². The first-order chi connectivity index (χ1) is 10.1. The molecule has 0 fully saturated rings. The van der Waals surface area contributed by atoms with Crippen LogP contribution >= 0.6 is 11.6 Å². The van der Waals surface area contributed by atoms with Crippen LogP contribution in [0.3, 0.4) is 0 Å². The third-order valence-corrected chi connectivity index (χ3v) is 5.09. The normalized spacial score (nSPS) is 14.5. The molecule has 1 heterocycles. The Labute approximate surface area is 129 Å². The summed E-state index contributed by atoms with van der Waals surface area (Å²) >= 11 is 5.87. The van der Waals surface area contributed by atoms with Crippen LogP contribution in [0.25, 0.3) is 0 Å². The van der Waals surface area contributed by atoms with Gasteiger partial charge in [-0.1, -0.05) is 29.8 Å². The second kappa shape index (κ2) is 5.67. The van der Waals surface area contributed by atoms with E-state index in [0.29, 0.717) is 10.7 Å². The molecule has 6 heteroatoms. The van der Waals surface area contributed by atoms with Crippen LogP contribution in [0.15, 0.2) is 47.4 Å². The van der Waals surface area contributed by atoms with Gasteiger partial charge in [0, 0.05) is 11.6 Å². The largest absolute Gasteiger partial charge is 0.312 e. The van der Waals surface area contributed by atoms with Crippen molar-refractivity contribution in [1.29, 1.82) is 0 Å². The lowest BCUT2D eigenvalue weighted by Gasteiger charge is -2.21. The number of benzene rings is 2. The highest BCUT2D eigenvalue weighted by Gasteiger charge is 2.19. The SMILES string of the molecule is O=S(=O)(Nc1cccc2c1CCNC2)c1cccc(Cl)c1. The van der Waals surface area contributed by atoms with E-state index in [2.05, 4.69) is 10.0 Å². The summed E-state index contributed by atoms with van der Waals surface area (Å²) in [6.45, 7) is 1.62. The summed E-state index contributed by atoms with van der Waals surface area (Å²) in [5.41, 5.74) is 2.84. The van der Waals surface area contributed by atoms with Gasteiger partial charge in [0.05, 0.1) is 10.6 Å². The second-order valence-electron chi connectivity index (χ2n) is 4.93. The number of rotatable bonds is 3. The van der Waals surface area contributed by atoms with Gasteiger partial charge in [0.2, 0.25) is 0 Å². The number of hydrogen-bond acceptors (Lipinski definition) is 3. The predicted molar refractivity (Wildman–Crippen MR) is 84.1 cm³/mol. The van der Waals surface area contributed by atoms with Gasteiger partial charge in [0.25, 0.3) is 10.0 Å². The van der Waals surface area contributed by atoms with E-state index >= 15 is 0 Å². The monoisotopic (exact) mass is 322 g/mol. The zero-order valence-corrected chi connectivity index (χ0v) is 12.8. The molecule has 0 unspecified atom stereocenters. The lowest BCUT2D eigenvalue weighted by Crippen LogP contribution is -2.25. The topological polar surface area (TPSA) is 58.2 Å². The Morgan fingerprint density at radius 1 is 1.14 bits per heavy atom. The Kier molecular flexibility index (Phi) is 3.89. The van der Waals surface area contributed by atoms with Crippen molar-refractivity contribution in [3.05, 3.63) is 58.6 Å². The van der Waals surface area contributed by atoms with Crippen molar-refractivity contribution in [2.45, 2.75) is 17.9 Å². The van der Waals surface area contributed by atoms with Crippen molar-refractivity contribution in [1.82, 2.24) is 5.32 Å². The number of sulfonamides is 1. The maximum absolute atomic E-state index is 12.5. The molecule has 0 saturated carbocycles. The molecule has 0 saturated heterocycles. The molecule has 0 aliphatic carbocycles. The van der Waals surface area contributed by atoms with Gasteiger partial charge in [-0.15, -0.1) is 0 Å². The van der Waals surface area contributed by atoms with E-state index in [4.69, 9.17) is 11.6 Å². The van der Waals surface area contributed by atoms with Crippen molar-refractivity contribution < 1.29 is 8.42 Å². The van der Waals surface area contributed by atoms with Gasteiger partial charge in [-0.2, -0.15) is 0 Å². The summed E-state index contributed by atoms with van der Waals surface area (Å²) < 4.78 is 27.6. The Balaban J connectivity index is 1.96. The second-order valence-corrected chi connectivity index (χ2v) is 7.05. The van der Waals surface area contributed by atoms with Crippen LogP contribution < -0.4 is 10.0 Å². The maximum Gasteiger partial charge on any atom is 0.261 e. The average molecular weight is 323 g/mol. The number of halogens is 1. The standard InChI is InChI=1S/C15H15ClN2O2S/c16-12-4-2-5-13(9-12)21(19,20)18-15-6-1-3-11-10-17-8-7-14(11)15/h1-6,9,17-18H,7-8,10H2. The third kappa shape index (κ3) is 3.05. The minimum absolute atomic E-state index is 0.168. The van der Waals surface area contributed by atoms with Crippen molar-refractivity contribution >= 4 is 27.3 Å². The van der Waals surface area contributed by atoms with Gasteiger partial charge in [0.15, 0.2) is 0 Å². The fourth-order valence-electron chi connectivity index (χ4n) is 2.47. The Bertz CT molecular complexity index is 775. The predicted octanol–water partition coefficient (Wildman–Crippen LogP) is 2.79. The van der Waals surface area contributed by atoms with Crippen molar-refractivity contribution in [2.75, 3.05) is 11.3 Å².